The maximum atomic E-state index is 12.2. The van der Waals surface area contributed by atoms with Crippen LogP contribution in [0, 0.1) is 12.8 Å². The van der Waals surface area contributed by atoms with Crippen molar-refractivity contribution in [3.63, 3.8) is 0 Å². The molecule has 2 aromatic heterocycles. The molecule has 1 aliphatic heterocycles. The molecule has 1 saturated carbocycles. The summed E-state index contributed by atoms with van der Waals surface area (Å²) < 4.78 is 5.43. The summed E-state index contributed by atoms with van der Waals surface area (Å²) in [7, 11) is 0. The first-order valence-corrected chi connectivity index (χ1v) is 10.3. The molecule has 1 N–H and O–H groups in total. The number of nitrogens with one attached hydrogen (secondary N) is 1. The number of aryl methyl sites for hydroxylation is 2. The van der Waals surface area contributed by atoms with E-state index in [4.69, 9.17) is 9.51 Å². The molecule has 146 valence electrons. The minimum atomic E-state index is 0.0905. The van der Waals surface area contributed by atoms with Crippen molar-refractivity contribution in [2.45, 2.75) is 71.3 Å². The van der Waals surface area contributed by atoms with Gasteiger partial charge in [-0.3, -0.25) is 4.79 Å². The number of hydrogen-bond donors (Lipinski definition) is 1. The fourth-order valence-corrected chi connectivity index (χ4v) is 4.17. The first kappa shape index (κ1) is 18.2. The van der Waals surface area contributed by atoms with Gasteiger partial charge >= 0.3 is 0 Å². The maximum absolute atomic E-state index is 12.2. The van der Waals surface area contributed by atoms with Crippen molar-refractivity contribution in [2.75, 3.05) is 18.0 Å². The number of rotatable bonds is 5. The van der Waals surface area contributed by atoms with Gasteiger partial charge in [-0.05, 0) is 38.5 Å². The predicted octanol–water partition coefficient (Wildman–Crippen LogP) is 3.15. The van der Waals surface area contributed by atoms with Crippen LogP contribution in [0.5, 0.6) is 0 Å². The average molecular weight is 371 g/mol. The Balaban J connectivity index is 1.50. The van der Waals surface area contributed by atoms with Crippen molar-refractivity contribution in [3.05, 3.63) is 11.5 Å². The number of aromatic nitrogens is 3. The lowest BCUT2D eigenvalue weighted by atomic mass is 9.99. The summed E-state index contributed by atoms with van der Waals surface area (Å²) >= 11 is 0. The maximum Gasteiger partial charge on any atom is 0.263 e. The molecule has 0 spiro atoms. The molecular weight excluding hydrogens is 342 g/mol. The molecule has 0 bridgehead atoms. The summed E-state index contributed by atoms with van der Waals surface area (Å²) in [5.74, 6) is 2.42. The summed E-state index contributed by atoms with van der Waals surface area (Å²) in [5.41, 5.74) is 1.35. The van der Waals surface area contributed by atoms with Gasteiger partial charge in [0.1, 0.15) is 17.0 Å². The van der Waals surface area contributed by atoms with Gasteiger partial charge < -0.3 is 14.7 Å². The topological polar surface area (TPSA) is 84.1 Å². The van der Waals surface area contributed by atoms with Crippen LogP contribution in [0.3, 0.4) is 0 Å². The molecule has 1 aliphatic carbocycles. The number of hydrogen-bond acceptors (Lipinski definition) is 6. The standard InChI is InChI=1S/C20H29N5O2/c1-13-9-11-25(12-10-13)19-18-14(2)24-27-20(18)23-16(22-19)7-8-17(26)21-15-5-3-4-6-15/h13,15H,3-12H2,1-2H3,(H,21,26). The highest BCUT2D eigenvalue weighted by molar-refractivity contribution is 5.88. The van der Waals surface area contributed by atoms with E-state index in [0.717, 1.165) is 61.6 Å². The first-order chi connectivity index (χ1) is 13.1. The first-order valence-electron chi connectivity index (χ1n) is 10.3. The number of piperidine rings is 1. The van der Waals surface area contributed by atoms with Crippen LogP contribution in [0.2, 0.25) is 0 Å². The Morgan fingerprint density at radius 2 is 1.93 bits per heavy atom. The summed E-state index contributed by atoms with van der Waals surface area (Å²) in [5, 5.41) is 8.13. The van der Waals surface area contributed by atoms with Gasteiger partial charge in [0.15, 0.2) is 0 Å². The molecule has 1 amide bonds. The molecule has 0 radical (unpaired) electrons. The second-order valence-electron chi connectivity index (χ2n) is 8.13. The Morgan fingerprint density at radius 1 is 1.19 bits per heavy atom. The van der Waals surface area contributed by atoms with Crippen molar-refractivity contribution in [2.24, 2.45) is 5.92 Å². The third-order valence-corrected chi connectivity index (χ3v) is 5.91. The van der Waals surface area contributed by atoms with Gasteiger partial charge in [-0.2, -0.15) is 4.98 Å². The van der Waals surface area contributed by atoms with E-state index in [0.29, 0.717) is 30.4 Å². The predicted molar refractivity (Wildman–Crippen MR) is 104 cm³/mol. The minimum absolute atomic E-state index is 0.0905. The fraction of sp³-hybridized carbons (Fsp3) is 0.700. The molecule has 3 heterocycles. The van der Waals surface area contributed by atoms with Crippen molar-refractivity contribution >= 4 is 22.8 Å². The van der Waals surface area contributed by atoms with E-state index < -0.39 is 0 Å². The number of amides is 1. The van der Waals surface area contributed by atoms with E-state index in [1.807, 2.05) is 6.92 Å². The van der Waals surface area contributed by atoms with Crippen molar-refractivity contribution in [1.82, 2.24) is 20.4 Å². The lowest BCUT2D eigenvalue weighted by Crippen LogP contribution is -2.34. The van der Waals surface area contributed by atoms with Gasteiger partial charge in [0, 0.05) is 32.0 Å². The van der Waals surface area contributed by atoms with Crippen LogP contribution in [-0.4, -0.2) is 40.2 Å². The molecule has 2 aliphatic rings. The highest BCUT2D eigenvalue weighted by Gasteiger charge is 2.24. The summed E-state index contributed by atoms with van der Waals surface area (Å²) in [4.78, 5) is 23.9. The van der Waals surface area contributed by atoms with Crippen LogP contribution in [-0.2, 0) is 11.2 Å². The molecule has 7 heteroatoms. The average Bonchev–Trinajstić information content (AvgIpc) is 3.30. The zero-order valence-electron chi connectivity index (χ0n) is 16.3. The lowest BCUT2D eigenvalue weighted by molar-refractivity contribution is -0.121. The Morgan fingerprint density at radius 3 is 2.67 bits per heavy atom. The summed E-state index contributed by atoms with van der Waals surface area (Å²) in [6.45, 7) is 6.20. The van der Waals surface area contributed by atoms with Crippen molar-refractivity contribution in [1.29, 1.82) is 0 Å². The van der Waals surface area contributed by atoms with Crippen molar-refractivity contribution in [3.8, 4) is 0 Å². The highest BCUT2D eigenvalue weighted by Crippen LogP contribution is 2.30. The Hall–Kier alpha value is -2.18. The number of carbonyl (C=O) groups excluding carboxylic acids is 1. The molecule has 2 aromatic rings. The fourth-order valence-electron chi connectivity index (χ4n) is 4.17. The van der Waals surface area contributed by atoms with E-state index in [1.54, 1.807) is 0 Å². The van der Waals surface area contributed by atoms with Crippen LogP contribution >= 0.6 is 0 Å². The quantitative estimate of drug-likeness (QED) is 0.869. The second kappa shape index (κ2) is 7.82. The SMILES string of the molecule is Cc1noc2nc(CCC(=O)NC3CCCC3)nc(N3CCC(C)CC3)c12. The Labute approximate surface area is 159 Å². The minimum Gasteiger partial charge on any atom is -0.356 e. The molecule has 2 fully saturated rings. The van der Waals surface area contributed by atoms with E-state index >= 15 is 0 Å². The number of fused-ring (bicyclic) bond motifs is 1. The van der Waals surface area contributed by atoms with Crippen LogP contribution in [0.25, 0.3) is 11.1 Å². The van der Waals surface area contributed by atoms with Gasteiger partial charge in [0.05, 0.1) is 5.69 Å². The summed E-state index contributed by atoms with van der Waals surface area (Å²) in [6.07, 6.45) is 7.88. The van der Waals surface area contributed by atoms with E-state index in [9.17, 15) is 4.79 Å². The normalized spacial score (nSPS) is 19.1. The van der Waals surface area contributed by atoms with Gasteiger partial charge in [0.2, 0.25) is 5.91 Å². The Bertz CT molecular complexity index is 804. The number of nitrogens with zero attached hydrogens (tertiary/aromatic N) is 4. The third kappa shape index (κ3) is 4.06. The van der Waals surface area contributed by atoms with Crippen LogP contribution in [0.1, 0.15) is 63.4 Å². The molecule has 27 heavy (non-hydrogen) atoms. The van der Waals surface area contributed by atoms with E-state index in [1.165, 1.54) is 12.8 Å². The molecule has 7 nitrogen and oxygen atoms in total. The molecule has 0 aromatic carbocycles. The van der Waals surface area contributed by atoms with Gasteiger partial charge in [-0.1, -0.05) is 24.9 Å². The monoisotopic (exact) mass is 371 g/mol. The van der Waals surface area contributed by atoms with Crippen LogP contribution in [0.15, 0.2) is 4.52 Å². The smallest absolute Gasteiger partial charge is 0.263 e. The zero-order chi connectivity index (χ0) is 18.8. The molecule has 1 saturated heterocycles. The van der Waals surface area contributed by atoms with Gasteiger partial charge in [-0.15, -0.1) is 0 Å². The molecular formula is C20H29N5O2. The number of anilines is 1. The lowest BCUT2D eigenvalue weighted by Gasteiger charge is -2.31. The molecule has 0 unspecified atom stereocenters. The third-order valence-electron chi connectivity index (χ3n) is 5.91. The molecule has 0 atom stereocenters. The highest BCUT2D eigenvalue weighted by atomic mass is 16.5. The van der Waals surface area contributed by atoms with Crippen molar-refractivity contribution < 1.29 is 9.32 Å². The van der Waals surface area contributed by atoms with Crippen LogP contribution < -0.4 is 10.2 Å². The zero-order valence-corrected chi connectivity index (χ0v) is 16.3. The van der Waals surface area contributed by atoms with Gasteiger partial charge in [0.25, 0.3) is 5.71 Å². The largest absolute Gasteiger partial charge is 0.356 e. The van der Waals surface area contributed by atoms with E-state index in [2.05, 4.69) is 27.3 Å². The molecule has 4 rings (SSSR count). The van der Waals surface area contributed by atoms with E-state index in [-0.39, 0.29) is 5.91 Å². The van der Waals surface area contributed by atoms with Crippen LogP contribution in [0.4, 0.5) is 5.82 Å². The second-order valence-corrected chi connectivity index (χ2v) is 8.13. The summed E-state index contributed by atoms with van der Waals surface area (Å²) in [6, 6.07) is 0.351. The Kier molecular flexibility index (Phi) is 5.27. The van der Waals surface area contributed by atoms with Gasteiger partial charge in [-0.25, -0.2) is 4.98 Å². The number of carbonyl (C=O) groups is 1.